The highest BCUT2D eigenvalue weighted by molar-refractivity contribution is 7.93. The van der Waals surface area contributed by atoms with Crippen LogP contribution in [0.1, 0.15) is 52.0 Å². The molecule has 0 aromatic heterocycles. The second-order valence-electron chi connectivity index (χ2n) is 11.7. The molecule has 0 bridgehead atoms. The van der Waals surface area contributed by atoms with Crippen molar-refractivity contribution in [1.29, 1.82) is 0 Å². The van der Waals surface area contributed by atoms with Crippen LogP contribution in [0.2, 0.25) is 0 Å². The largest absolute Gasteiger partial charge is 0.573 e. The van der Waals surface area contributed by atoms with Gasteiger partial charge in [0.25, 0.3) is 15.9 Å². The average molecular weight is 679 g/mol. The molecule has 1 amide bonds. The van der Waals surface area contributed by atoms with Gasteiger partial charge in [-0.05, 0) is 85.7 Å². The van der Waals surface area contributed by atoms with Crippen molar-refractivity contribution in [3.05, 3.63) is 83.4 Å². The number of carbonyl (C=O) groups excluding carboxylic acids is 2. The zero-order valence-electron chi connectivity index (χ0n) is 24.4. The summed E-state index contributed by atoms with van der Waals surface area (Å²) in [5.74, 6) is -2.34. The Kier molecular flexibility index (Phi) is 7.82. The van der Waals surface area contributed by atoms with Gasteiger partial charge in [-0.2, -0.15) is 0 Å². The van der Waals surface area contributed by atoms with Gasteiger partial charge >= 0.3 is 12.3 Å². The Morgan fingerprint density at radius 1 is 0.957 bits per heavy atom. The van der Waals surface area contributed by atoms with Crippen molar-refractivity contribution in [3.8, 4) is 5.75 Å². The molecule has 15 heteroatoms. The van der Waals surface area contributed by atoms with Gasteiger partial charge in [0.15, 0.2) is 0 Å². The summed E-state index contributed by atoms with van der Waals surface area (Å²) in [6, 6.07) is 14.0. The molecule has 3 aromatic carbocycles. The number of alkyl halides is 3. The third-order valence-electron chi connectivity index (χ3n) is 8.78. The summed E-state index contributed by atoms with van der Waals surface area (Å²) in [5.41, 5.74) is 0.464. The number of carbonyl (C=O) groups is 2. The molecule has 2 heterocycles. The van der Waals surface area contributed by atoms with Crippen molar-refractivity contribution in [2.45, 2.75) is 48.4 Å². The highest BCUT2D eigenvalue weighted by atomic mass is 32.2. The Balaban J connectivity index is 1.44. The number of nitrogens with zero attached hydrogens (tertiary/aromatic N) is 1. The molecule has 2 fully saturated rings. The molecule has 1 saturated heterocycles. The maximum atomic E-state index is 14.3. The van der Waals surface area contributed by atoms with Crippen LogP contribution in [0.4, 0.5) is 24.5 Å². The minimum atomic E-state index is -5.03. The number of rotatable bonds is 7. The first-order valence-corrected chi connectivity index (χ1v) is 17.6. The molecule has 1 atom stereocenters. The van der Waals surface area contributed by atoms with Gasteiger partial charge in [0.2, 0.25) is 0 Å². The van der Waals surface area contributed by atoms with Gasteiger partial charge in [-0.3, -0.25) is 9.10 Å². The number of benzene rings is 3. The van der Waals surface area contributed by atoms with E-state index >= 15 is 0 Å². The second-order valence-corrected chi connectivity index (χ2v) is 15.8. The second kappa shape index (κ2) is 11.3. The van der Waals surface area contributed by atoms with Crippen molar-refractivity contribution in [2.75, 3.05) is 28.2 Å². The summed E-state index contributed by atoms with van der Waals surface area (Å²) in [4.78, 5) is 25.0. The van der Waals surface area contributed by atoms with Crippen molar-refractivity contribution in [1.82, 2.24) is 0 Å². The number of sulfonamides is 1. The molecule has 6 rings (SSSR count). The molecule has 2 aliphatic heterocycles. The van der Waals surface area contributed by atoms with Crippen molar-refractivity contribution < 1.29 is 49.1 Å². The number of sulfone groups is 1. The Morgan fingerprint density at radius 3 is 2.30 bits per heavy atom. The molecular formula is C31H29F3N2O8S2. The Hall–Kier alpha value is -4.11. The average Bonchev–Trinajstić information content (AvgIpc) is 3.80. The number of amides is 1. The monoisotopic (exact) mass is 678 g/mol. The van der Waals surface area contributed by atoms with Crippen LogP contribution < -0.4 is 14.4 Å². The standard InChI is InChI=1S/C31H29F3N2O8S2/c1-43-29(38)21-4-2-5-22(16-21)35-28(37)20-10-11-26-25(17-20)30(12-14-45(39,40)15-13-30)27(19-8-9-19)36(26)46(41,42)24-7-3-6-23(18-24)44-31(32,33)34/h2-7,10-11,16-19,27H,8-9,12-15H2,1H3,(H,35,37). The van der Waals surface area contributed by atoms with E-state index in [1.165, 1.54) is 41.7 Å². The van der Waals surface area contributed by atoms with Gasteiger partial charge in [-0.25, -0.2) is 21.6 Å². The van der Waals surface area contributed by atoms with E-state index in [1.807, 2.05) is 0 Å². The lowest BCUT2D eigenvalue weighted by atomic mass is 9.70. The third-order valence-corrected chi connectivity index (χ3v) is 12.2. The molecule has 3 aromatic rings. The lowest BCUT2D eigenvalue weighted by molar-refractivity contribution is -0.274. The van der Waals surface area contributed by atoms with Crippen LogP contribution in [0.3, 0.4) is 0 Å². The molecule has 1 saturated carbocycles. The van der Waals surface area contributed by atoms with Crippen LogP contribution in [-0.2, 0) is 30.0 Å². The van der Waals surface area contributed by atoms with Crippen molar-refractivity contribution >= 4 is 43.1 Å². The van der Waals surface area contributed by atoms with E-state index in [0.717, 1.165) is 18.2 Å². The minimum absolute atomic E-state index is 0.110. The summed E-state index contributed by atoms with van der Waals surface area (Å²) in [5, 5.41) is 2.73. The van der Waals surface area contributed by atoms with E-state index in [9.17, 15) is 39.6 Å². The highest BCUT2D eigenvalue weighted by Gasteiger charge is 2.60. The molecule has 0 radical (unpaired) electrons. The van der Waals surface area contributed by atoms with Gasteiger partial charge in [0, 0.05) is 22.7 Å². The Morgan fingerprint density at radius 2 is 1.65 bits per heavy atom. The quantitative estimate of drug-likeness (QED) is 0.343. The number of anilines is 2. The first-order chi connectivity index (χ1) is 21.6. The molecule has 3 aliphatic rings. The van der Waals surface area contributed by atoms with Gasteiger partial charge in [-0.1, -0.05) is 12.1 Å². The Bertz CT molecular complexity index is 1930. The highest BCUT2D eigenvalue weighted by Crippen LogP contribution is 2.59. The maximum Gasteiger partial charge on any atom is 0.573 e. The van der Waals surface area contributed by atoms with Crippen LogP contribution in [0.5, 0.6) is 5.75 Å². The number of methoxy groups -OCH3 is 1. The smallest absolute Gasteiger partial charge is 0.465 e. The summed E-state index contributed by atoms with van der Waals surface area (Å²) in [7, 11) is -6.66. The van der Waals surface area contributed by atoms with Gasteiger partial charge in [0.1, 0.15) is 15.6 Å². The van der Waals surface area contributed by atoms with Crippen LogP contribution >= 0.6 is 0 Å². The predicted molar refractivity (Wildman–Crippen MR) is 161 cm³/mol. The number of halogens is 3. The van der Waals surface area contributed by atoms with Gasteiger partial charge in [-0.15, -0.1) is 13.2 Å². The molecule has 244 valence electrons. The first-order valence-electron chi connectivity index (χ1n) is 14.4. The zero-order valence-corrected chi connectivity index (χ0v) is 26.0. The topological polar surface area (TPSA) is 136 Å². The maximum absolute atomic E-state index is 14.3. The van der Waals surface area contributed by atoms with Crippen LogP contribution in [0.25, 0.3) is 0 Å². The normalized spacial score (nSPS) is 20.2. The summed E-state index contributed by atoms with van der Waals surface area (Å²) >= 11 is 0. The summed E-state index contributed by atoms with van der Waals surface area (Å²) < 4.78 is 103. The molecule has 1 unspecified atom stereocenters. The van der Waals surface area contributed by atoms with Gasteiger partial charge in [0.05, 0.1) is 40.8 Å². The lowest BCUT2D eigenvalue weighted by Gasteiger charge is -2.41. The molecule has 10 nitrogen and oxygen atoms in total. The van der Waals surface area contributed by atoms with E-state index in [1.54, 1.807) is 18.2 Å². The van der Waals surface area contributed by atoms with E-state index < -0.39 is 60.2 Å². The lowest BCUT2D eigenvalue weighted by Crippen LogP contribution is -2.52. The zero-order chi connectivity index (χ0) is 33.1. The number of hydrogen-bond donors (Lipinski definition) is 1. The van der Waals surface area contributed by atoms with Crippen molar-refractivity contribution in [2.24, 2.45) is 5.92 Å². The number of ether oxygens (including phenoxy) is 2. The van der Waals surface area contributed by atoms with Gasteiger partial charge < -0.3 is 14.8 Å². The summed E-state index contributed by atoms with van der Waals surface area (Å²) in [6.45, 7) is 0. The SMILES string of the molecule is COC(=O)c1cccc(NC(=O)c2ccc3c(c2)C2(CCS(=O)(=O)CC2)C(C2CC2)N3S(=O)(=O)c2cccc(OC(F)(F)F)c2)c1. The van der Waals surface area contributed by atoms with Crippen LogP contribution in [0.15, 0.2) is 71.6 Å². The number of nitrogens with one attached hydrogen (secondary N) is 1. The minimum Gasteiger partial charge on any atom is -0.465 e. The molecule has 1 aliphatic carbocycles. The number of fused-ring (bicyclic) bond motifs is 2. The molecule has 1 N–H and O–H groups in total. The number of hydrogen-bond acceptors (Lipinski definition) is 8. The Labute approximate surface area is 263 Å². The molecule has 1 spiro atoms. The third kappa shape index (κ3) is 5.93. The first kappa shape index (κ1) is 31.9. The fourth-order valence-corrected chi connectivity index (χ4v) is 9.98. The summed E-state index contributed by atoms with van der Waals surface area (Å²) in [6.07, 6.45) is -3.45. The van der Waals surface area contributed by atoms with E-state index in [2.05, 4.69) is 10.1 Å². The fraction of sp³-hybridized carbons (Fsp3) is 0.355. The van der Waals surface area contributed by atoms with Crippen molar-refractivity contribution in [3.63, 3.8) is 0 Å². The fourth-order valence-electron chi connectivity index (χ4n) is 6.59. The van der Waals surface area contributed by atoms with E-state index in [4.69, 9.17) is 4.74 Å². The van der Waals surface area contributed by atoms with Crippen LogP contribution in [0, 0.1) is 5.92 Å². The van der Waals surface area contributed by atoms with E-state index in [0.29, 0.717) is 24.1 Å². The van der Waals surface area contributed by atoms with Crippen LogP contribution in [-0.4, -0.2) is 59.7 Å². The molecular weight excluding hydrogens is 649 g/mol. The van der Waals surface area contributed by atoms with E-state index in [-0.39, 0.29) is 47.1 Å². The molecule has 46 heavy (non-hydrogen) atoms. The predicted octanol–water partition coefficient (Wildman–Crippen LogP) is 5.06. The number of esters is 1.